The van der Waals surface area contributed by atoms with Crippen LogP contribution in [0, 0.1) is 11.8 Å². The molecule has 2 saturated heterocycles. The van der Waals surface area contributed by atoms with E-state index in [0.29, 0.717) is 19.0 Å². The molecule has 1 aromatic rings. The van der Waals surface area contributed by atoms with Crippen molar-refractivity contribution in [1.29, 1.82) is 0 Å². The zero-order valence-electron chi connectivity index (χ0n) is 15.2. The smallest absolute Gasteiger partial charge is 0.321 e. The lowest BCUT2D eigenvalue weighted by Gasteiger charge is -2.35. The van der Waals surface area contributed by atoms with Gasteiger partial charge in [0.15, 0.2) is 0 Å². The topological polar surface area (TPSA) is 73.5 Å². The predicted octanol–water partition coefficient (Wildman–Crippen LogP) is 2.47. The van der Waals surface area contributed by atoms with Gasteiger partial charge in [-0.3, -0.25) is 4.79 Å². The number of hydrogen-bond acceptors (Lipinski definition) is 3. The zero-order valence-corrected chi connectivity index (χ0v) is 16.1. The van der Waals surface area contributed by atoms with E-state index in [4.69, 9.17) is 0 Å². The highest BCUT2D eigenvalue weighted by Crippen LogP contribution is 2.19. The second-order valence-corrected chi connectivity index (χ2v) is 7.17. The standard InChI is InChI=1S/C19H28N4O2.ClH/c1-14-9-10-20-12-17(14)22-18(24)15-6-5-11-23(13-15)19(25)21-16-7-3-2-4-8-16;/h2-4,7-8,14-15,17,20H,5-6,9-13H2,1H3,(H,21,25)(H,22,24);1H. The molecule has 2 fully saturated rings. The first kappa shape index (κ1) is 20.5. The molecule has 0 radical (unpaired) electrons. The number of likely N-dealkylation sites (tertiary alicyclic amines) is 1. The summed E-state index contributed by atoms with van der Waals surface area (Å²) in [6.07, 6.45) is 2.79. The summed E-state index contributed by atoms with van der Waals surface area (Å²) < 4.78 is 0. The van der Waals surface area contributed by atoms with E-state index in [-0.39, 0.29) is 36.3 Å². The third kappa shape index (κ3) is 5.35. The Kier molecular flexibility index (Phi) is 7.72. The number of hydrogen-bond donors (Lipinski definition) is 3. The summed E-state index contributed by atoms with van der Waals surface area (Å²) >= 11 is 0. The van der Waals surface area contributed by atoms with Crippen LogP contribution >= 0.6 is 12.4 Å². The summed E-state index contributed by atoms with van der Waals surface area (Å²) in [7, 11) is 0. The Morgan fingerprint density at radius 2 is 1.96 bits per heavy atom. The van der Waals surface area contributed by atoms with Gasteiger partial charge in [-0.2, -0.15) is 0 Å². The summed E-state index contributed by atoms with van der Waals surface area (Å²) in [5.41, 5.74) is 0.779. The van der Waals surface area contributed by atoms with Crippen molar-refractivity contribution in [3.05, 3.63) is 30.3 Å². The lowest BCUT2D eigenvalue weighted by Crippen LogP contribution is -2.54. The van der Waals surface area contributed by atoms with E-state index < -0.39 is 0 Å². The van der Waals surface area contributed by atoms with Gasteiger partial charge in [0.2, 0.25) is 5.91 Å². The molecule has 26 heavy (non-hydrogen) atoms. The monoisotopic (exact) mass is 380 g/mol. The second kappa shape index (κ2) is 9.78. The minimum Gasteiger partial charge on any atom is -0.352 e. The minimum absolute atomic E-state index is 0. The van der Waals surface area contributed by atoms with Crippen LogP contribution in [0.15, 0.2) is 30.3 Å². The molecule has 0 aliphatic carbocycles. The fraction of sp³-hybridized carbons (Fsp3) is 0.579. The third-order valence-electron chi connectivity index (χ3n) is 5.26. The quantitative estimate of drug-likeness (QED) is 0.754. The lowest BCUT2D eigenvalue weighted by atomic mass is 9.92. The normalized spacial score (nSPS) is 25.7. The molecule has 7 heteroatoms. The Balaban J connectivity index is 0.00000243. The molecule has 2 aliphatic heterocycles. The van der Waals surface area contributed by atoms with Crippen molar-refractivity contribution >= 4 is 30.0 Å². The van der Waals surface area contributed by atoms with Crippen molar-refractivity contribution in [2.45, 2.75) is 32.2 Å². The zero-order chi connectivity index (χ0) is 17.6. The molecule has 2 aliphatic rings. The minimum atomic E-state index is -0.128. The summed E-state index contributed by atoms with van der Waals surface area (Å²) in [6, 6.07) is 9.49. The molecule has 1 aromatic carbocycles. The Labute approximate surface area is 161 Å². The molecule has 0 saturated carbocycles. The van der Waals surface area contributed by atoms with Gasteiger partial charge in [0.25, 0.3) is 0 Å². The van der Waals surface area contributed by atoms with Crippen LogP contribution in [0.2, 0.25) is 0 Å². The van der Waals surface area contributed by atoms with Crippen molar-refractivity contribution in [3.63, 3.8) is 0 Å². The van der Waals surface area contributed by atoms with Crippen LogP contribution in [-0.4, -0.2) is 49.1 Å². The second-order valence-electron chi connectivity index (χ2n) is 7.17. The maximum Gasteiger partial charge on any atom is 0.321 e. The largest absolute Gasteiger partial charge is 0.352 e. The first-order valence-electron chi connectivity index (χ1n) is 9.25. The van der Waals surface area contributed by atoms with E-state index in [1.54, 1.807) is 4.90 Å². The summed E-state index contributed by atoms with van der Waals surface area (Å²) in [6.45, 7) is 5.22. The number of benzene rings is 1. The van der Waals surface area contributed by atoms with Crippen molar-refractivity contribution < 1.29 is 9.59 Å². The van der Waals surface area contributed by atoms with Crippen LogP contribution in [0.3, 0.4) is 0 Å². The molecule has 3 rings (SSSR count). The van der Waals surface area contributed by atoms with Crippen molar-refractivity contribution in [2.75, 3.05) is 31.5 Å². The Morgan fingerprint density at radius 3 is 2.69 bits per heavy atom. The van der Waals surface area contributed by atoms with E-state index in [2.05, 4.69) is 22.9 Å². The van der Waals surface area contributed by atoms with Crippen LogP contribution in [0.4, 0.5) is 10.5 Å². The van der Waals surface area contributed by atoms with Crippen LogP contribution in [0.25, 0.3) is 0 Å². The van der Waals surface area contributed by atoms with Crippen LogP contribution in [-0.2, 0) is 4.79 Å². The van der Waals surface area contributed by atoms with Gasteiger partial charge >= 0.3 is 6.03 Å². The average Bonchev–Trinajstić information content (AvgIpc) is 2.64. The molecule has 144 valence electrons. The molecule has 3 unspecified atom stereocenters. The molecule has 3 amide bonds. The Hall–Kier alpha value is -1.79. The molecular weight excluding hydrogens is 352 g/mol. The highest BCUT2D eigenvalue weighted by atomic mass is 35.5. The summed E-state index contributed by atoms with van der Waals surface area (Å²) in [5, 5.41) is 9.43. The number of nitrogens with one attached hydrogen (secondary N) is 3. The highest BCUT2D eigenvalue weighted by Gasteiger charge is 2.31. The van der Waals surface area contributed by atoms with Crippen molar-refractivity contribution in [2.24, 2.45) is 11.8 Å². The van der Waals surface area contributed by atoms with Gasteiger partial charge in [0, 0.05) is 31.4 Å². The summed E-state index contributed by atoms with van der Waals surface area (Å²) in [4.78, 5) is 26.8. The summed E-state index contributed by atoms with van der Waals surface area (Å²) in [5.74, 6) is 0.452. The van der Waals surface area contributed by atoms with Gasteiger partial charge < -0.3 is 20.9 Å². The average molecular weight is 381 g/mol. The first-order valence-corrected chi connectivity index (χ1v) is 9.25. The molecule has 6 nitrogen and oxygen atoms in total. The van der Waals surface area contributed by atoms with Gasteiger partial charge in [-0.25, -0.2) is 4.79 Å². The molecule has 3 N–H and O–H groups in total. The van der Waals surface area contributed by atoms with Gasteiger partial charge in [-0.15, -0.1) is 12.4 Å². The lowest BCUT2D eigenvalue weighted by molar-refractivity contribution is -0.127. The molecule has 2 heterocycles. The molecule has 0 aromatic heterocycles. The maximum atomic E-state index is 12.6. The predicted molar refractivity (Wildman–Crippen MR) is 106 cm³/mol. The van der Waals surface area contributed by atoms with Gasteiger partial charge in [-0.1, -0.05) is 25.1 Å². The number of carbonyl (C=O) groups excluding carboxylic acids is 2. The Morgan fingerprint density at radius 1 is 1.19 bits per heavy atom. The van der Waals surface area contributed by atoms with Crippen molar-refractivity contribution in [3.8, 4) is 0 Å². The first-order chi connectivity index (χ1) is 12.1. The van der Waals surface area contributed by atoms with Gasteiger partial charge in [0.05, 0.1) is 5.92 Å². The highest BCUT2D eigenvalue weighted by molar-refractivity contribution is 5.90. The van der Waals surface area contributed by atoms with Gasteiger partial charge in [0.1, 0.15) is 0 Å². The van der Waals surface area contributed by atoms with Crippen LogP contribution in [0.5, 0.6) is 0 Å². The fourth-order valence-electron chi connectivity index (χ4n) is 3.58. The van der Waals surface area contributed by atoms with Gasteiger partial charge in [-0.05, 0) is 43.9 Å². The number of rotatable bonds is 3. The number of piperidine rings is 2. The number of nitrogens with zero attached hydrogens (tertiary/aromatic N) is 1. The maximum absolute atomic E-state index is 12.6. The third-order valence-corrected chi connectivity index (χ3v) is 5.26. The number of urea groups is 1. The molecule has 3 atom stereocenters. The van der Waals surface area contributed by atoms with Crippen LogP contribution in [0.1, 0.15) is 26.2 Å². The van der Waals surface area contributed by atoms with E-state index in [9.17, 15) is 9.59 Å². The molecule has 0 bridgehead atoms. The van der Waals surface area contributed by atoms with Crippen molar-refractivity contribution in [1.82, 2.24) is 15.5 Å². The molecule has 0 spiro atoms. The van der Waals surface area contributed by atoms with E-state index in [1.807, 2.05) is 30.3 Å². The number of carbonyl (C=O) groups is 2. The van der Waals surface area contributed by atoms with E-state index in [0.717, 1.165) is 38.0 Å². The Bertz CT molecular complexity index is 598. The fourth-order valence-corrected chi connectivity index (χ4v) is 3.58. The van der Waals surface area contributed by atoms with E-state index >= 15 is 0 Å². The van der Waals surface area contributed by atoms with E-state index in [1.165, 1.54) is 0 Å². The number of amides is 3. The van der Waals surface area contributed by atoms with Crippen LogP contribution < -0.4 is 16.0 Å². The number of para-hydroxylation sites is 1. The molecular formula is C19H29ClN4O2. The SMILES string of the molecule is CC1CCNCC1NC(=O)C1CCCN(C(=O)Nc2ccccc2)C1.Cl. The number of anilines is 1. The number of halogens is 1.